The van der Waals surface area contributed by atoms with Gasteiger partial charge in [0.15, 0.2) is 0 Å². The van der Waals surface area contributed by atoms with Gasteiger partial charge in [-0.25, -0.2) is 0 Å². The normalized spacial score (nSPS) is 18.4. The summed E-state index contributed by atoms with van der Waals surface area (Å²) >= 11 is 13.5. The number of thiophene rings is 1. The number of anilines is 1. The molecule has 4 rings (SSSR count). The lowest BCUT2D eigenvalue weighted by atomic mass is 9.99. The number of aryl methyl sites for hydroxylation is 1. The molecule has 0 saturated carbocycles. The van der Waals surface area contributed by atoms with Gasteiger partial charge >= 0.3 is 0 Å². The maximum absolute atomic E-state index is 13.0. The Balaban J connectivity index is 1.95. The number of rotatable bonds is 3. The van der Waals surface area contributed by atoms with E-state index in [1.807, 2.05) is 24.4 Å². The minimum absolute atomic E-state index is 0.0362. The molecule has 1 unspecified atom stereocenters. The van der Waals surface area contributed by atoms with Crippen molar-refractivity contribution in [2.75, 3.05) is 4.90 Å². The molecule has 4 nitrogen and oxygen atoms in total. The summed E-state index contributed by atoms with van der Waals surface area (Å²) in [6, 6.07) is 14.6. The van der Waals surface area contributed by atoms with Gasteiger partial charge < -0.3 is 5.11 Å². The second-order valence-corrected chi connectivity index (χ2v) is 8.48. The second kappa shape index (κ2) is 7.67. The Morgan fingerprint density at radius 3 is 2.45 bits per heavy atom. The summed E-state index contributed by atoms with van der Waals surface area (Å²) in [5.74, 6) is -1.69. The van der Waals surface area contributed by atoms with E-state index in [0.29, 0.717) is 21.3 Å². The van der Waals surface area contributed by atoms with E-state index < -0.39 is 17.7 Å². The monoisotopic (exact) mass is 443 g/mol. The van der Waals surface area contributed by atoms with Crippen LogP contribution >= 0.6 is 34.5 Å². The molecular formula is C22H15Cl2NO3S. The van der Waals surface area contributed by atoms with Crippen LogP contribution in [0.3, 0.4) is 0 Å². The maximum atomic E-state index is 13.0. The summed E-state index contributed by atoms with van der Waals surface area (Å²) in [5.41, 5.74) is 1.74. The Morgan fingerprint density at radius 1 is 1.03 bits per heavy atom. The molecule has 1 fully saturated rings. The van der Waals surface area contributed by atoms with Crippen molar-refractivity contribution < 1.29 is 14.7 Å². The van der Waals surface area contributed by atoms with Crippen molar-refractivity contribution >= 4 is 57.7 Å². The maximum Gasteiger partial charge on any atom is 0.300 e. The molecule has 1 aromatic heterocycles. The van der Waals surface area contributed by atoms with Gasteiger partial charge in [0, 0.05) is 26.2 Å². The summed E-state index contributed by atoms with van der Waals surface area (Å²) in [6.45, 7) is 1.82. The minimum atomic E-state index is -0.742. The highest BCUT2D eigenvalue weighted by Gasteiger charge is 2.47. The highest BCUT2D eigenvalue weighted by atomic mass is 35.5. The smallest absolute Gasteiger partial charge is 0.300 e. The number of ketones is 1. The average Bonchev–Trinajstić information content (AvgIpc) is 3.29. The number of aliphatic hydroxyl groups is 1. The van der Waals surface area contributed by atoms with Gasteiger partial charge in [0.05, 0.1) is 5.57 Å². The largest absolute Gasteiger partial charge is 0.507 e. The molecule has 146 valence electrons. The summed E-state index contributed by atoms with van der Waals surface area (Å²) in [7, 11) is 0. The Bertz CT molecular complexity index is 1150. The zero-order chi connectivity index (χ0) is 20.7. The molecule has 0 bridgehead atoms. The Labute approximate surface area is 181 Å². The van der Waals surface area contributed by atoms with E-state index in [2.05, 4.69) is 0 Å². The molecule has 1 amide bonds. The number of halogens is 2. The number of nitrogens with zero attached hydrogens (tertiary/aromatic N) is 1. The molecule has 29 heavy (non-hydrogen) atoms. The first-order valence-corrected chi connectivity index (χ1v) is 10.4. The lowest BCUT2D eigenvalue weighted by Crippen LogP contribution is -2.29. The Morgan fingerprint density at radius 2 is 1.79 bits per heavy atom. The van der Waals surface area contributed by atoms with E-state index in [9.17, 15) is 14.7 Å². The van der Waals surface area contributed by atoms with Gasteiger partial charge in [0.1, 0.15) is 11.8 Å². The summed E-state index contributed by atoms with van der Waals surface area (Å²) in [6.07, 6.45) is 0. The number of Topliss-reactive ketones (excluding diaryl/α,β-unsaturated/α-hetero) is 1. The number of aliphatic hydroxyl groups excluding tert-OH is 1. The second-order valence-electron chi connectivity index (χ2n) is 6.63. The van der Waals surface area contributed by atoms with E-state index in [-0.39, 0.29) is 11.3 Å². The summed E-state index contributed by atoms with van der Waals surface area (Å²) in [4.78, 5) is 28.2. The molecule has 0 radical (unpaired) electrons. The molecular weight excluding hydrogens is 429 g/mol. The molecule has 1 saturated heterocycles. The van der Waals surface area contributed by atoms with Crippen LogP contribution in [-0.2, 0) is 9.59 Å². The third-order valence-electron chi connectivity index (χ3n) is 4.77. The van der Waals surface area contributed by atoms with Crippen molar-refractivity contribution in [1.29, 1.82) is 0 Å². The van der Waals surface area contributed by atoms with Crippen LogP contribution in [0.1, 0.15) is 22.0 Å². The van der Waals surface area contributed by atoms with Crippen molar-refractivity contribution in [3.63, 3.8) is 0 Å². The van der Waals surface area contributed by atoms with Crippen molar-refractivity contribution in [3.05, 3.63) is 91.6 Å². The van der Waals surface area contributed by atoms with E-state index in [0.717, 1.165) is 10.4 Å². The highest BCUT2D eigenvalue weighted by Crippen LogP contribution is 2.44. The van der Waals surface area contributed by atoms with E-state index in [1.54, 1.807) is 42.5 Å². The van der Waals surface area contributed by atoms with Crippen LogP contribution in [-0.4, -0.2) is 16.8 Å². The molecule has 7 heteroatoms. The van der Waals surface area contributed by atoms with Gasteiger partial charge in [0.25, 0.3) is 11.7 Å². The third kappa shape index (κ3) is 3.46. The van der Waals surface area contributed by atoms with Gasteiger partial charge in [-0.1, -0.05) is 41.4 Å². The molecule has 2 heterocycles. The van der Waals surface area contributed by atoms with Crippen molar-refractivity contribution in [2.24, 2.45) is 0 Å². The van der Waals surface area contributed by atoms with Crippen LogP contribution in [0.5, 0.6) is 0 Å². The Hall–Kier alpha value is -2.60. The predicted octanol–water partition coefficient (Wildman–Crippen LogP) is 5.99. The van der Waals surface area contributed by atoms with Gasteiger partial charge in [-0.3, -0.25) is 14.5 Å². The number of hydrogen-bond donors (Lipinski definition) is 1. The van der Waals surface area contributed by atoms with Crippen LogP contribution in [0, 0.1) is 6.92 Å². The van der Waals surface area contributed by atoms with Gasteiger partial charge in [0.2, 0.25) is 0 Å². The topological polar surface area (TPSA) is 57.6 Å². The third-order valence-corrected chi connectivity index (χ3v) is 6.17. The first-order chi connectivity index (χ1) is 13.9. The molecule has 1 aliphatic heterocycles. The predicted molar refractivity (Wildman–Crippen MR) is 117 cm³/mol. The molecule has 2 aromatic carbocycles. The molecule has 1 N–H and O–H groups in total. The van der Waals surface area contributed by atoms with Gasteiger partial charge in [-0.2, -0.15) is 0 Å². The van der Waals surface area contributed by atoms with Crippen LogP contribution in [0.25, 0.3) is 5.76 Å². The summed E-state index contributed by atoms with van der Waals surface area (Å²) < 4.78 is 0. The Kier molecular flexibility index (Phi) is 5.21. The summed E-state index contributed by atoms with van der Waals surface area (Å²) in [5, 5.41) is 13.8. The number of amides is 1. The number of benzene rings is 2. The first-order valence-electron chi connectivity index (χ1n) is 8.75. The number of carbonyl (C=O) groups is 2. The SMILES string of the molecule is Cc1cc(Cl)ccc1N1C(=O)C(=O)/C(=C(\O)c2cccc(Cl)c2)C1c1cccs1. The fraction of sp³-hybridized carbons (Fsp3) is 0.0909. The van der Waals surface area contributed by atoms with E-state index in [1.165, 1.54) is 16.2 Å². The number of carbonyl (C=O) groups excluding carboxylic acids is 2. The van der Waals surface area contributed by atoms with E-state index in [4.69, 9.17) is 23.2 Å². The van der Waals surface area contributed by atoms with Crippen molar-refractivity contribution in [3.8, 4) is 0 Å². The zero-order valence-corrected chi connectivity index (χ0v) is 17.6. The van der Waals surface area contributed by atoms with Crippen molar-refractivity contribution in [2.45, 2.75) is 13.0 Å². The fourth-order valence-electron chi connectivity index (χ4n) is 3.48. The average molecular weight is 444 g/mol. The lowest BCUT2D eigenvalue weighted by Gasteiger charge is -2.25. The van der Waals surface area contributed by atoms with Crippen LogP contribution in [0.15, 0.2) is 65.6 Å². The van der Waals surface area contributed by atoms with Crippen LogP contribution in [0.2, 0.25) is 10.0 Å². The van der Waals surface area contributed by atoms with Gasteiger partial charge in [-0.15, -0.1) is 11.3 Å². The molecule has 0 aliphatic carbocycles. The van der Waals surface area contributed by atoms with Crippen LogP contribution in [0.4, 0.5) is 5.69 Å². The first kappa shape index (κ1) is 19.7. The zero-order valence-electron chi connectivity index (χ0n) is 15.2. The molecule has 1 atom stereocenters. The molecule has 0 spiro atoms. The quantitative estimate of drug-likeness (QED) is 0.307. The lowest BCUT2D eigenvalue weighted by molar-refractivity contribution is -0.132. The number of hydrogen-bond acceptors (Lipinski definition) is 4. The standard InChI is InChI=1S/C22H15Cl2NO3S/c1-12-10-15(24)7-8-16(12)25-19(17-6-3-9-29-17)18(21(27)22(25)28)20(26)13-4-2-5-14(23)11-13/h2-11,19,26H,1H3/b20-18-. The van der Waals surface area contributed by atoms with Gasteiger partial charge in [-0.05, 0) is 54.3 Å². The van der Waals surface area contributed by atoms with E-state index >= 15 is 0 Å². The molecule has 3 aromatic rings. The van der Waals surface area contributed by atoms with Crippen LogP contribution < -0.4 is 4.90 Å². The highest BCUT2D eigenvalue weighted by molar-refractivity contribution is 7.10. The minimum Gasteiger partial charge on any atom is -0.507 e. The fourth-order valence-corrected chi connectivity index (χ4v) is 4.72. The molecule has 1 aliphatic rings. The van der Waals surface area contributed by atoms with Crippen molar-refractivity contribution in [1.82, 2.24) is 0 Å².